The molecule has 0 fully saturated rings. The highest BCUT2D eigenvalue weighted by Crippen LogP contribution is 2.24. The maximum absolute atomic E-state index is 11.6. The smallest absolute Gasteiger partial charge is 0.313 e. The largest absolute Gasteiger partial charge is 0.496 e. The molecule has 1 rings (SSSR count). The number of nitrogens with zero attached hydrogens (tertiary/aromatic N) is 1. The number of ether oxygens (including phenoxy) is 1. The molecule has 0 aliphatic carbocycles. The molecule has 0 atom stereocenters. The highest BCUT2D eigenvalue weighted by molar-refractivity contribution is 6.48. The van der Waals surface area contributed by atoms with Crippen molar-refractivity contribution in [3.05, 3.63) is 22.6 Å². The van der Waals surface area contributed by atoms with Gasteiger partial charge in [-0.15, -0.1) is 0 Å². The fraction of sp³-hybridized carbons (Fsp3) is 0.615. The van der Waals surface area contributed by atoms with Crippen LogP contribution in [0.2, 0.25) is 0 Å². The maximum Gasteiger partial charge on any atom is 0.313 e. The van der Waals surface area contributed by atoms with Crippen molar-refractivity contribution >= 4 is 12.9 Å². The molecule has 1 aromatic heterocycles. The van der Waals surface area contributed by atoms with Gasteiger partial charge in [0.05, 0.1) is 18.3 Å². The topological polar surface area (TPSA) is 60.7 Å². The quantitative estimate of drug-likeness (QED) is 0.759. The number of hydrogen-bond acceptors (Lipinski definition) is 4. The summed E-state index contributed by atoms with van der Waals surface area (Å²) in [6, 6.07) is 1.49. The Bertz CT molecular complexity index is 502. The third kappa shape index (κ3) is 3.61. The molecule has 0 spiro atoms. The minimum absolute atomic E-state index is 0.125. The summed E-state index contributed by atoms with van der Waals surface area (Å²) in [5.41, 5.74) is -1.18. The van der Waals surface area contributed by atoms with Gasteiger partial charge in [-0.25, -0.2) is 0 Å². The van der Waals surface area contributed by atoms with Gasteiger partial charge in [-0.2, -0.15) is 0 Å². The van der Waals surface area contributed by atoms with E-state index < -0.39 is 11.2 Å². The molecule has 0 saturated heterocycles. The molecule has 0 radical (unpaired) electrons. The van der Waals surface area contributed by atoms with E-state index >= 15 is 0 Å². The van der Waals surface area contributed by atoms with E-state index in [1.54, 1.807) is 48.0 Å². The van der Waals surface area contributed by atoms with Crippen molar-refractivity contribution in [1.82, 2.24) is 4.57 Å². The number of aliphatic hydroxyl groups is 1. The summed E-state index contributed by atoms with van der Waals surface area (Å²) in [6.45, 7) is 6.99. The summed E-state index contributed by atoms with van der Waals surface area (Å²) in [5.74, 6) is 0.591. The predicted octanol–water partition coefficient (Wildman–Crippen LogP) is -0.0632. The second-order valence-electron chi connectivity index (χ2n) is 5.67. The lowest BCUT2D eigenvalue weighted by Crippen LogP contribution is -2.49. The number of rotatable bonds is 5. The molecule has 1 N–H and O–H groups in total. The van der Waals surface area contributed by atoms with Crippen molar-refractivity contribution in [2.24, 2.45) is 7.05 Å². The summed E-state index contributed by atoms with van der Waals surface area (Å²) in [5, 5.41) is 10.0. The van der Waals surface area contributed by atoms with Gasteiger partial charge in [-0.3, -0.25) is 4.79 Å². The molecular weight excluding hydrogens is 245 g/mol. The second-order valence-corrected chi connectivity index (χ2v) is 5.67. The molecule has 0 unspecified atom stereocenters. The Labute approximate surface area is 114 Å². The van der Waals surface area contributed by atoms with Crippen molar-refractivity contribution in [3.8, 4) is 5.75 Å². The molecule has 0 aromatic carbocycles. The van der Waals surface area contributed by atoms with Gasteiger partial charge in [0, 0.05) is 19.3 Å². The van der Waals surface area contributed by atoms with E-state index in [2.05, 4.69) is 0 Å². The molecule has 19 heavy (non-hydrogen) atoms. The van der Waals surface area contributed by atoms with E-state index in [9.17, 15) is 9.90 Å². The van der Waals surface area contributed by atoms with Crippen LogP contribution in [0.5, 0.6) is 5.75 Å². The van der Waals surface area contributed by atoms with Gasteiger partial charge in [0.2, 0.25) is 5.56 Å². The molecule has 6 heteroatoms. The Balaban J connectivity index is 2.95. The predicted molar refractivity (Wildman–Crippen MR) is 76.5 cm³/mol. The van der Waals surface area contributed by atoms with Crippen molar-refractivity contribution in [2.45, 2.75) is 38.9 Å². The second kappa shape index (κ2) is 5.39. The van der Waals surface area contributed by atoms with Crippen molar-refractivity contribution < 1.29 is 14.5 Å². The zero-order valence-electron chi connectivity index (χ0n) is 12.5. The number of hydrogen-bond donors (Lipinski definition) is 1. The van der Waals surface area contributed by atoms with Gasteiger partial charge >= 0.3 is 7.48 Å². The lowest BCUT2D eigenvalue weighted by molar-refractivity contribution is -0.0893. The molecule has 106 valence electrons. The SMILES string of the molecule is COc1cn(C)c(=O)cc1BOC(C)(C)C(C)(C)O. The lowest BCUT2D eigenvalue weighted by Gasteiger charge is -2.37. The number of aryl methyl sites for hydroxylation is 1. The third-order valence-corrected chi connectivity index (χ3v) is 3.55. The van der Waals surface area contributed by atoms with E-state index in [-0.39, 0.29) is 13.0 Å². The molecule has 1 heterocycles. The molecule has 5 nitrogen and oxygen atoms in total. The zero-order valence-corrected chi connectivity index (χ0v) is 12.5. The first-order valence-corrected chi connectivity index (χ1v) is 6.18. The first-order chi connectivity index (χ1) is 8.58. The molecular formula is C13H22BNO4. The lowest BCUT2D eigenvalue weighted by atomic mass is 9.82. The standard InChI is InChI=1S/C13H22BNO4/c1-12(2,17)13(3,4)19-14-9-7-11(16)15(5)8-10(9)18-6/h7-8,14,17H,1-6H3. The van der Waals surface area contributed by atoms with Crippen molar-refractivity contribution in [3.63, 3.8) is 0 Å². The monoisotopic (exact) mass is 267 g/mol. The molecule has 0 aliphatic heterocycles. The Hall–Kier alpha value is -1.27. The van der Waals surface area contributed by atoms with E-state index in [0.29, 0.717) is 11.2 Å². The summed E-state index contributed by atoms with van der Waals surface area (Å²) >= 11 is 0. The minimum atomic E-state index is -0.986. The van der Waals surface area contributed by atoms with Gasteiger partial charge in [-0.1, -0.05) is 0 Å². The minimum Gasteiger partial charge on any atom is -0.496 e. The average molecular weight is 267 g/mol. The molecule has 0 aliphatic rings. The van der Waals surface area contributed by atoms with E-state index in [1.165, 1.54) is 10.6 Å². The van der Waals surface area contributed by atoms with Crippen LogP contribution in [0.3, 0.4) is 0 Å². The average Bonchev–Trinajstić information content (AvgIpc) is 2.28. The van der Waals surface area contributed by atoms with Crippen molar-refractivity contribution in [2.75, 3.05) is 7.11 Å². The van der Waals surface area contributed by atoms with Crippen LogP contribution in [0.1, 0.15) is 27.7 Å². The van der Waals surface area contributed by atoms with Crippen LogP contribution in [0.4, 0.5) is 0 Å². The van der Waals surface area contributed by atoms with E-state index in [4.69, 9.17) is 9.39 Å². The fourth-order valence-electron chi connectivity index (χ4n) is 1.38. The Kier molecular flexibility index (Phi) is 4.48. The number of aromatic nitrogens is 1. The highest BCUT2D eigenvalue weighted by atomic mass is 16.5. The van der Waals surface area contributed by atoms with Crippen LogP contribution < -0.4 is 15.8 Å². The Morgan fingerprint density at radius 1 is 1.32 bits per heavy atom. The Morgan fingerprint density at radius 2 is 1.89 bits per heavy atom. The molecule has 0 bridgehead atoms. The number of methoxy groups -OCH3 is 1. The first-order valence-electron chi connectivity index (χ1n) is 6.18. The van der Waals surface area contributed by atoms with E-state index in [1.807, 2.05) is 0 Å². The summed E-state index contributed by atoms with van der Waals surface area (Å²) in [7, 11) is 3.41. The summed E-state index contributed by atoms with van der Waals surface area (Å²) in [4.78, 5) is 11.6. The van der Waals surface area contributed by atoms with Gasteiger partial charge in [0.1, 0.15) is 5.75 Å². The van der Waals surface area contributed by atoms with Crippen LogP contribution in [-0.4, -0.2) is 35.5 Å². The van der Waals surface area contributed by atoms with Crippen LogP contribution in [0.15, 0.2) is 17.1 Å². The van der Waals surface area contributed by atoms with Gasteiger partial charge in [-0.05, 0) is 33.2 Å². The highest BCUT2D eigenvalue weighted by Gasteiger charge is 2.35. The number of pyridine rings is 1. The molecule has 0 amide bonds. The third-order valence-electron chi connectivity index (χ3n) is 3.55. The van der Waals surface area contributed by atoms with Crippen LogP contribution in [0, 0.1) is 0 Å². The summed E-state index contributed by atoms with van der Waals surface area (Å²) in [6.07, 6.45) is 1.62. The molecule has 1 aromatic rings. The van der Waals surface area contributed by atoms with Crippen LogP contribution in [0.25, 0.3) is 0 Å². The maximum atomic E-state index is 11.6. The van der Waals surface area contributed by atoms with Crippen LogP contribution >= 0.6 is 0 Å². The normalized spacial score (nSPS) is 12.4. The summed E-state index contributed by atoms with van der Waals surface area (Å²) < 4.78 is 12.4. The van der Waals surface area contributed by atoms with Crippen molar-refractivity contribution in [1.29, 1.82) is 0 Å². The van der Waals surface area contributed by atoms with Crippen LogP contribution in [-0.2, 0) is 11.7 Å². The van der Waals surface area contributed by atoms with Gasteiger partial charge in [0.25, 0.3) is 0 Å². The fourth-order valence-corrected chi connectivity index (χ4v) is 1.38. The zero-order chi connectivity index (χ0) is 14.8. The van der Waals surface area contributed by atoms with Gasteiger partial charge in [0.15, 0.2) is 0 Å². The molecule has 0 saturated carbocycles. The van der Waals surface area contributed by atoms with Gasteiger partial charge < -0.3 is 19.1 Å². The first kappa shape index (κ1) is 15.8. The van der Waals surface area contributed by atoms with E-state index in [0.717, 1.165) is 0 Å². The Morgan fingerprint density at radius 3 is 2.37 bits per heavy atom.